The smallest absolute Gasteiger partial charge is 0.251 e. The van der Waals surface area contributed by atoms with E-state index in [1.165, 1.54) is 89.9 Å². The summed E-state index contributed by atoms with van der Waals surface area (Å²) in [5.74, 6) is 1.73. The maximum atomic E-state index is 13.0. The van der Waals surface area contributed by atoms with Crippen LogP contribution in [0.3, 0.4) is 0 Å². The molecule has 2 aromatic rings. The zero-order valence-corrected chi connectivity index (χ0v) is 25.3. The van der Waals surface area contributed by atoms with E-state index in [1.54, 1.807) is 0 Å². The molecule has 2 N–H and O–H groups in total. The highest BCUT2D eigenvalue weighted by Gasteiger charge is 2.24. The van der Waals surface area contributed by atoms with Crippen LogP contribution in [0.1, 0.15) is 150 Å². The minimum Gasteiger partial charge on any atom is -0.349 e. The Morgan fingerprint density at radius 3 is 1.35 bits per heavy atom. The first-order chi connectivity index (χ1) is 19.6. The predicted molar refractivity (Wildman–Crippen MR) is 168 cm³/mol. The summed E-state index contributed by atoms with van der Waals surface area (Å²) in [7, 11) is 0. The first-order valence-corrected chi connectivity index (χ1v) is 16.7. The molecule has 0 spiro atoms. The van der Waals surface area contributed by atoms with Crippen LogP contribution in [0.15, 0.2) is 36.4 Å². The van der Waals surface area contributed by atoms with Crippen LogP contribution in [0.4, 0.5) is 0 Å². The second kappa shape index (κ2) is 16.2. The lowest BCUT2D eigenvalue weighted by atomic mass is 9.83. The van der Waals surface area contributed by atoms with E-state index in [9.17, 15) is 9.59 Å². The van der Waals surface area contributed by atoms with Crippen molar-refractivity contribution in [3.05, 3.63) is 47.5 Å². The van der Waals surface area contributed by atoms with Crippen molar-refractivity contribution in [2.75, 3.05) is 0 Å². The minimum atomic E-state index is 0.0241. The third-order valence-corrected chi connectivity index (χ3v) is 9.66. The Balaban J connectivity index is 1.22. The van der Waals surface area contributed by atoms with Crippen LogP contribution in [0.2, 0.25) is 0 Å². The second-order valence-corrected chi connectivity index (χ2v) is 12.9. The summed E-state index contributed by atoms with van der Waals surface area (Å²) in [5, 5.41) is 8.58. The molecule has 0 aliphatic heterocycles. The summed E-state index contributed by atoms with van der Waals surface area (Å²) < 4.78 is 0. The number of rotatable bonds is 14. The summed E-state index contributed by atoms with van der Waals surface area (Å²) in [6.07, 6.45) is 22.8. The number of nitrogens with one attached hydrogen (secondary N) is 2. The van der Waals surface area contributed by atoms with E-state index < -0.39 is 0 Å². The van der Waals surface area contributed by atoms with Gasteiger partial charge in [0.1, 0.15) is 0 Å². The van der Waals surface area contributed by atoms with Crippen LogP contribution in [-0.4, -0.2) is 23.9 Å². The van der Waals surface area contributed by atoms with Crippen LogP contribution >= 0.6 is 0 Å². The number of carbonyl (C=O) groups is 2. The van der Waals surface area contributed by atoms with Crippen molar-refractivity contribution in [1.29, 1.82) is 0 Å². The Morgan fingerprint density at radius 1 is 0.575 bits per heavy atom. The average molecular weight is 547 g/mol. The zero-order chi connectivity index (χ0) is 28.2. The van der Waals surface area contributed by atoms with Gasteiger partial charge in [-0.1, -0.05) is 90.2 Å². The Kier molecular flexibility index (Phi) is 12.4. The first kappa shape index (κ1) is 30.6. The summed E-state index contributed by atoms with van der Waals surface area (Å²) in [4.78, 5) is 26.0. The van der Waals surface area contributed by atoms with Crippen LogP contribution in [0, 0.1) is 11.8 Å². The monoisotopic (exact) mass is 546 g/mol. The fraction of sp³-hybridized carbons (Fsp3) is 0.667. The van der Waals surface area contributed by atoms with Gasteiger partial charge in [0.25, 0.3) is 11.8 Å². The summed E-state index contributed by atoms with van der Waals surface area (Å²) in [5.41, 5.74) is 1.41. The van der Waals surface area contributed by atoms with Gasteiger partial charge in [-0.05, 0) is 98.2 Å². The van der Waals surface area contributed by atoms with Crippen LogP contribution < -0.4 is 10.6 Å². The molecule has 2 saturated carbocycles. The molecule has 0 heterocycles. The van der Waals surface area contributed by atoms with Crippen molar-refractivity contribution >= 4 is 22.6 Å². The molecule has 40 heavy (non-hydrogen) atoms. The Bertz CT molecular complexity index is 978. The third-order valence-electron chi connectivity index (χ3n) is 9.66. The third kappa shape index (κ3) is 9.35. The molecule has 0 aromatic heterocycles. The summed E-state index contributed by atoms with van der Waals surface area (Å²) in [6.45, 7) is 4.53. The largest absolute Gasteiger partial charge is 0.349 e. The van der Waals surface area contributed by atoms with Gasteiger partial charge in [-0.2, -0.15) is 0 Å². The number of unbranched alkanes of at least 4 members (excludes halogenated alkanes) is 6. The number of amides is 2. The summed E-state index contributed by atoms with van der Waals surface area (Å²) >= 11 is 0. The number of benzene rings is 2. The van der Waals surface area contributed by atoms with Crippen molar-refractivity contribution in [3.8, 4) is 0 Å². The number of fused-ring (bicyclic) bond motifs is 1. The second-order valence-electron chi connectivity index (χ2n) is 12.9. The van der Waals surface area contributed by atoms with E-state index in [0.717, 1.165) is 48.3 Å². The molecule has 2 aliphatic carbocycles. The maximum Gasteiger partial charge on any atom is 0.251 e. The topological polar surface area (TPSA) is 58.2 Å². The zero-order valence-electron chi connectivity index (χ0n) is 25.3. The molecule has 2 aliphatic rings. The molecule has 2 aromatic carbocycles. The lowest BCUT2D eigenvalue weighted by Crippen LogP contribution is -2.37. The van der Waals surface area contributed by atoms with E-state index in [-0.39, 0.29) is 23.9 Å². The molecule has 4 heteroatoms. The molecule has 0 saturated heterocycles. The molecule has 0 radical (unpaired) electrons. The molecule has 4 nitrogen and oxygen atoms in total. The number of carbonyl (C=O) groups excluding carboxylic acids is 2. The fourth-order valence-electron chi connectivity index (χ4n) is 6.98. The summed E-state index contributed by atoms with van der Waals surface area (Å²) in [6, 6.07) is 12.3. The SMILES string of the molecule is CCCCCCC1CCC(NC(=O)c2ccc3cc(C(=O)NC4CCC(CCCCCC)CC4)ccc3c2)CC1. The van der Waals surface area contributed by atoms with E-state index in [2.05, 4.69) is 24.5 Å². The highest BCUT2D eigenvalue weighted by atomic mass is 16.2. The van der Waals surface area contributed by atoms with Crippen molar-refractivity contribution < 1.29 is 9.59 Å². The van der Waals surface area contributed by atoms with Gasteiger partial charge in [-0.25, -0.2) is 0 Å². The van der Waals surface area contributed by atoms with Crippen molar-refractivity contribution in [3.63, 3.8) is 0 Å². The average Bonchev–Trinajstić information content (AvgIpc) is 2.98. The highest BCUT2D eigenvalue weighted by Crippen LogP contribution is 2.30. The maximum absolute atomic E-state index is 13.0. The van der Waals surface area contributed by atoms with Crippen molar-refractivity contribution in [2.24, 2.45) is 11.8 Å². The van der Waals surface area contributed by atoms with E-state index in [1.807, 2.05) is 36.4 Å². The van der Waals surface area contributed by atoms with Crippen LogP contribution in [0.25, 0.3) is 10.8 Å². The molecule has 0 bridgehead atoms. The molecule has 2 fully saturated rings. The minimum absolute atomic E-state index is 0.0241. The Labute approximate surface area is 243 Å². The number of hydrogen-bond acceptors (Lipinski definition) is 2. The van der Waals surface area contributed by atoms with Gasteiger partial charge in [-0.15, -0.1) is 0 Å². The van der Waals surface area contributed by atoms with E-state index in [0.29, 0.717) is 11.1 Å². The van der Waals surface area contributed by atoms with Gasteiger partial charge < -0.3 is 10.6 Å². The van der Waals surface area contributed by atoms with Crippen LogP contribution in [0.5, 0.6) is 0 Å². The lowest BCUT2D eigenvalue weighted by molar-refractivity contribution is 0.0912. The van der Waals surface area contributed by atoms with Crippen LogP contribution in [-0.2, 0) is 0 Å². The van der Waals surface area contributed by atoms with Gasteiger partial charge >= 0.3 is 0 Å². The van der Waals surface area contributed by atoms with Gasteiger partial charge in [0.05, 0.1) is 0 Å². The molecule has 0 atom stereocenters. The molecule has 0 unspecified atom stereocenters. The quantitative estimate of drug-likeness (QED) is 0.232. The van der Waals surface area contributed by atoms with Gasteiger partial charge in [0.15, 0.2) is 0 Å². The van der Waals surface area contributed by atoms with Crippen molar-refractivity contribution in [1.82, 2.24) is 10.6 Å². The highest BCUT2D eigenvalue weighted by molar-refractivity contribution is 6.02. The molecule has 2 amide bonds. The van der Waals surface area contributed by atoms with E-state index >= 15 is 0 Å². The molecular formula is C36H54N2O2. The van der Waals surface area contributed by atoms with Gasteiger partial charge in [-0.3, -0.25) is 9.59 Å². The Morgan fingerprint density at radius 2 is 0.975 bits per heavy atom. The molecular weight excluding hydrogens is 492 g/mol. The predicted octanol–water partition coefficient (Wildman–Crippen LogP) is 9.36. The molecule has 220 valence electrons. The standard InChI is InChI=1S/C36H54N2O2/c1-3-5-7-9-11-27-13-21-33(22-14-27)37-35(39)31-19-17-30-26-32(20-18-29(30)25-31)36(40)38-34-23-15-28(16-24-34)12-10-8-6-4-2/h17-20,25-28,33-34H,3-16,21-24H2,1-2H3,(H,37,39)(H,38,40). The van der Waals surface area contributed by atoms with E-state index in [4.69, 9.17) is 0 Å². The van der Waals surface area contributed by atoms with Gasteiger partial charge in [0, 0.05) is 23.2 Å². The Hall–Kier alpha value is -2.36. The first-order valence-electron chi connectivity index (χ1n) is 16.7. The molecule has 4 rings (SSSR count). The normalized spacial score (nSPS) is 23.1. The lowest BCUT2D eigenvalue weighted by Gasteiger charge is -2.29. The number of hydrogen-bond donors (Lipinski definition) is 2. The van der Waals surface area contributed by atoms with Crippen molar-refractivity contribution in [2.45, 2.75) is 142 Å². The fourth-order valence-corrected chi connectivity index (χ4v) is 6.98. The van der Waals surface area contributed by atoms with Gasteiger partial charge in [0.2, 0.25) is 0 Å².